The Hall–Kier alpha value is -2.23. The van der Waals surface area contributed by atoms with Gasteiger partial charge in [0.15, 0.2) is 0 Å². The SMILES string of the molecule is CCC(C)(C)c1cccc(CCCOP(=O)(OCc2ccccc2)OCc2ccccc2)c1. The Morgan fingerprint density at radius 2 is 1.27 bits per heavy atom. The average Bonchev–Trinajstić information content (AvgIpc) is 2.86. The molecule has 0 aliphatic carbocycles. The largest absolute Gasteiger partial charge is 0.475 e. The van der Waals surface area contributed by atoms with Crippen LogP contribution in [0.4, 0.5) is 0 Å². The lowest BCUT2D eigenvalue weighted by atomic mass is 9.81. The van der Waals surface area contributed by atoms with Crippen LogP contribution in [0.25, 0.3) is 0 Å². The van der Waals surface area contributed by atoms with E-state index in [1.54, 1.807) is 0 Å². The van der Waals surface area contributed by atoms with E-state index in [4.69, 9.17) is 13.6 Å². The van der Waals surface area contributed by atoms with Crippen LogP contribution in [0.1, 0.15) is 55.9 Å². The summed E-state index contributed by atoms with van der Waals surface area (Å²) in [6, 6.07) is 27.9. The molecule has 0 N–H and O–H groups in total. The summed E-state index contributed by atoms with van der Waals surface area (Å²) in [5.41, 5.74) is 4.58. The normalized spacial score (nSPS) is 12.1. The molecule has 0 unspecified atom stereocenters. The second kappa shape index (κ2) is 12.3. The quantitative estimate of drug-likeness (QED) is 0.190. The van der Waals surface area contributed by atoms with Crippen LogP contribution >= 0.6 is 7.82 Å². The van der Waals surface area contributed by atoms with E-state index in [2.05, 4.69) is 45.0 Å². The lowest BCUT2D eigenvalue weighted by molar-refractivity contribution is 0.102. The average molecular weight is 467 g/mol. The summed E-state index contributed by atoms with van der Waals surface area (Å²) in [5, 5.41) is 0. The van der Waals surface area contributed by atoms with Gasteiger partial charge in [0.25, 0.3) is 0 Å². The Labute approximate surface area is 198 Å². The summed E-state index contributed by atoms with van der Waals surface area (Å²) >= 11 is 0. The Balaban J connectivity index is 1.57. The van der Waals surface area contributed by atoms with E-state index in [-0.39, 0.29) is 18.6 Å². The molecule has 3 aromatic rings. The van der Waals surface area contributed by atoms with Gasteiger partial charge in [0.2, 0.25) is 0 Å². The minimum atomic E-state index is -3.71. The van der Waals surface area contributed by atoms with Gasteiger partial charge >= 0.3 is 7.82 Å². The Morgan fingerprint density at radius 3 is 1.82 bits per heavy atom. The molecule has 0 atom stereocenters. The number of rotatable bonds is 13. The molecule has 0 radical (unpaired) electrons. The second-order valence-electron chi connectivity index (χ2n) is 8.84. The van der Waals surface area contributed by atoms with Gasteiger partial charge in [-0.25, -0.2) is 4.57 Å². The summed E-state index contributed by atoms with van der Waals surface area (Å²) < 4.78 is 30.4. The number of aryl methyl sites for hydroxylation is 1. The molecular weight excluding hydrogens is 431 g/mol. The number of benzene rings is 3. The molecule has 33 heavy (non-hydrogen) atoms. The summed E-state index contributed by atoms with van der Waals surface area (Å²) in [7, 11) is -3.71. The van der Waals surface area contributed by atoms with Gasteiger partial charge in [-0.3, -0.25) is 13.6 Å². The maximum Gasteiger partial charge on any atom is 0.475 e. The van der Waals surface area contributed by atoms with Crippen LogP contribution < -0.4 is 0 Å². The van der Waals surface area contributed by atoms with Gasteiger partial charge in [-0.05, 0) is 46.9 Å². The molecule has 0 fully saturated rings. The van der Waals surface area contributed by atoms with Crippen LogP contribution in [0, 0.1) is 0 Å². The molecule has 0 saturated carbocycles. The zero-order valence-corrected chi connectivity index (χ0v) is 20.8. The van der Waals surface area contributed by atoms with Crippen molar-refractivity contribution in [1.82, 2.24) is 0 Å². The molecule has 0 spiro atoms. The third kappa shape index (κ3) is 8.24. The van der Waals surface area contributed by atoms with E-state index < -0.39 is 7.82 Å². The van der Waals surface area contributed by atoms with E-state index in [1.165, 1.54) is 11.1 Å². The van der Waals surface area contributed by atoms with E-state index in [1.807, 2.05) is 60.7 Å². The number of hydrogen-bond acceptors (Lipinski definition) is 4. The Kier molecular flexibility index (Phi) is 9.46. The number of hydrogen-bond donors (Lipinski definition) is 0. The first-order chi connectivity index (χ1) is 15.9. The van der Waals surface area contributed by atoms with Crippen LogP contribution in [0.5, 0.6) is 0 Å². The van der Waals surface area contributed by atoms with Crippen LogP contribution in [0.3, 0.4) is 0 Å². The molecule has 0 bridgehead atoms. The monoisotopic (exact) mass is 466 g/mol. The predicted octanol–water partition coefficient (Wildman–Crippen LogP) is 7.87. The fourth-order valence-corrected chi connectivity index (χ4v) is 4.56. The van der Waals surface area contributed by atoms with Crippen LogP contribution in [-0.4, -0.2) is 6.61 Å². The molecule has 3 rings (SSSR count). The van der Waals surface area contributed by atoms with Crippen LogP contribution in [0.2, 0.25) is 0 Å². The van der Waals surface area contributed by atoms with E-state index in [0.717, 1.165) is 30.4 Å². The van der Waals surface area contributed by atoms with Crippen LogP contribution in [-0.2, 0) is 43.2 Å². The number of phosphoric acid groups is 1. The first-order valence-corrected chi connectivity index (χ1v) is 13.1. The highest BCUT2D eigenvalue weighted by Gasteiger charge is 2.27. The number of phosphoric ester groups is 1. The third-order valence-electron chi connectivity index (χ3n) is 5.92. The van der Waals surface area contributed by atoms with Crippen molar-refractivity contribution in [2.24, 2.45) is 0 Å². The van der Waals surface area contributed by atoms with E-state index in [9.17, 15) is 4.57 Å². The molecule has 0 amide bonds. The molecule has 0 saturated heterocycles. The smallest absolute Gasteiger partial charge is 0.287 e. The fourth-order valence-electron chi connectivity index (χ4n) is 3.37. The van der Waals surface area contributed by atoms with Gasteiger partial charge in [0.1, 0.15) is 0 Å². The molecular formula is C28H35O4P. The van der Waals surface area contributed by atoms with E-state index >= 15 is 0 Å². The molecule has 0 heterocycles. The highest BCUT2D eigenvalue weighted by molar-refractivity contribution is 7.48. The molecule has 5 heteroatoms. The zero-order valence-electron chi connectivity index (χ0n) is 19.9. The van der Waals surface area contributed by atoms with Gasteiger partial charge < -0.3 is 0 Å². The van der Waals surface area contributed by atoms with Crippen molar-refractivity contribution in [2.45, 2.75) is 58.7 Å². The van der Waals surface area contributed by atoms with Gasteiger partial charge in [-0.1, -0.05) is 106 Å². The third-order valence-corrected chi connectivity index (χ3v) is 7.31. The standard InChI is InChI=1S/C28H35O4P/c1-4-28(2,3)27-19-11-17-24(21-27)18-12-20-30-33(29,31-22-25-13-7-5-8-14-25)32-23-26-15-9-6-10-16-26/h5-11,13-17,19,21H,4,12,18,20,22-23H2,1-3H3. The summed E-state index contributed by atoms with van der Waals surface area (Å²) in [6.07, 6.45) is 2.65. The van der Waals surface area contributed by atoms with Crippen LogP contribution in [0.15, 0.2) is 84.9 Å². The highest BCUT2D eigenvalue weighted by Crippen LogP contribution is 2.51. The Morgan fingerprint density at radius 1 is 0.727 bits per heavy atom. The van der Waals surface area contributed by atoms with Crippen molar-refractivity contribution < 1.29 is 18.1 Å². The van der Waals surface area contributed by atoms with Gasteiger partial charge in [-0.15, -0.1) is 0 Å². The lowest BCUT2D eigenvalue weighted by Crippen LogP contribution is -2.15. The van der Waals surface area contributed by atoms with Crippen molar-refractivity contribution in [2.75, 3.05) is 6.61 Å². The first kappa shape index (κ1) is 25.4. The van der Waals surface area contributed by atoms with Crippen molar-refractivity contribution in [3.8, 4) is 0 Å². The molecule has 0 aliphatic heterocycles. The predicted molar refractivity (Wildman–Crippen MR) is 134 cm³/mol. The molecule has 4 nitrogen and oxygen atoms in total. The van der Waals surface area contributed by atoms with Crippen molar-refractivity contribution in [3.05, 3.63) is 107 Å². The summed E-state index contributed by atoms with van der Waals surface area (Å²) in [4.78, 5) is 0. The maximum atomic E-state index is 13.3. The fraction of sp³-hybridized carbons (Fsp3) is 0.357. The summed E-state index contributed by atoms with van der Waals surface area (Å²) in [5.74, 6) is 0. The van der Waals surface area contributed by atoms with Gasteiger partial charge in [-0.2, -0.15) is 0 Å². The Bertz CT molecular complexity index is 971. The highest BCUT2D eigenvalue weighted by atomic mass is 31.2. The van der Waals surface area contributed by atoms with Crippen molar-refractivity contribution in [1.29, 1.82) is 0 Å². The molecule has 0 aromatic heterocycles. The second-order valence-corrected chi connectivity index (χ2v) is 10.5. The topological polar surface area (TPSA) is 44.8 Å². The maximum absolute atomic E-state index is 13.3. The zero-order chi connectivity index (χ0) is 23.6. The first-order valence-electron chi connectivity index (χ1n) is 11.6. The lowest BCUT2D eigenvalue weighted by Gasteiger charge is -2.24. The van der Waals surface area contributed by atoms with Gasteiger partial charge in [0.05, 0.1) is 19.8 Å². The van der Waals surface area contributed by atoms with Gasteiger partial charge in [0, 0.05) is 0 Å². The molecule has 176 valence electrons. The van der Waals surface area contributed by atoms with Crippen molar-refractivity contribution in [3.63, 3.8) is 0 Å². The van der Waals surface area contributed by atoms with E-state index in [0.29, 0.717) is 6.61 Å². The molecule has 0 aliphatic rings. The minimum absolute atomic E-state index is 0.152. The minimum Gasteiger partial charge on any atom is -0.287 e. The molecule has 3 aromatic carbocycles. The van der Waals surface area contributed by atoms with Crippen molar-refractivity contribution >= 4 is 7.82 Å². The summed E-state index contributed by atoms with van der Waals surface area (Å²) in [6.45, 7) is 7.37.